The van der Waals surface area contributed by atoms with Crippen LogP contribution in [0, 0.1) is 0 Å². The van der Waals surface area contributed by atoms with Crippen LogP contribution >= 0.6 is 12.4 Å². The van der Waals surface area contributed by atoms with Crippen molar-refractivity contribution in [1.82, 2.24) is 0 Å². The molecule has 0 aliphatic rings. The van der Waals surface area contributed by atoms with Crippen LogP contribution in [-0.4, -0.2) is 26.8 Å². The first-order valence-corrected chi connectivity index (χ1v) is 7.44. The molecule has 114 valence electrons. The van der Waals surface area contributed by atoms with Crippen molar-refractivity contribution < 1.29 is 17.5 Å². The number of benzene rings is 1. The minimum atomic E-state index is -3.29. The van der Waals surface area contributed by atoms with E-state index in [0.717, 1.165) is 0 Å². The highest BCUT2D eigenvalue weighted by Crippen LogP contribution is 2.20. The van der Waals surface area contributed by atoms with Crippen LogP contribution in [0.5, 0.6) is 5.75 Å². The summed E-state index contributed by atoms with van der Waals surface area (Å²) in [5.41, 5.74) is 5.16. The fraction of sp³-hybridized carbons (Fsp3) is 0.385. The molecule has 4 nitrogen and oxygen atoms in total. The van der Waals surface area contributed by atoms with Crippen molar-refractivity contribution in [2.45, 2.75) is 24.0 Å². The maximum Gasteiger partial charge on any atom is 0.180 e. The topological polar surface area (TPSA) is 69.4 Å². The molecule has 0 unspecified atom stereocenters. The second-order valence-electron chi connectivity index (χ2n) is 4.24. The quantitative estimate of drug-likeness (QED) is 0.873. The van der Waals surface area contributed by atoms with Crippen molar-refractivity contribution in [3.63, 3.8) is 0 Å². The van der Waals surface area contributed by atoms with Crippen molar-refractivity contribution in [2.75, 3.05) is 13.2 Å². The number of hydrogen-bond donors (Lipinski definition) is 1. The molecule has 0 atom stereocenters. The van der Waals surface area contributed by atoms with E-state index in [1.165, 1.54) is 30.3 Å². The van der Waals surface area contributed by atoms with Gasteiger partial charge >= 0.3 is 0 Å². The first kappa shape index (κ1) is 18.9. The number of rotatable bonds is 6. The minimum absolute atomic E-state index is 0. The van der Waals surface area contributed by atoms with E-state index >= 15 is 0 Å². The summed E-state index contributed by atoms with van der Waals surface area (Å²) in [6.07, 6.45) is 1.22. The van der Waals surface area contributed by atoms with Crippen molar-refractivity contribution in [3.8, 4) is 5.75 Å². The average molecular weight is 324 g/mol. The van der Waals surface area contributed by atoms with E-state index in [2.05, 4.69) is 0 Å². The first-order valence-electron chi connectivity index (χ1n) is 5.89. The molecule has 0 saturated carbocycles. The van der Waals surface area contributed by atoms with Crippen LogP contribution in [0.15, 0.2) is 41.1 Å². The Kier molecular flexibility index (Phi) is 7.78. The third-order valence-corrected chi connectivity index (χ3v) is 4.66. The Bertz CT molecular complexity index is 541. The lowest BCUT2D eigenvalue weighted by atomic mass is 10.3. The summed E-state index contributed by atoms with van der Waals surface area (Å²) >= 11 is 0. The molecule has 1 rings (SSSR count). The average Bonchev–Trinajstić information content (AvgIpc) is 2.37. The first-order chi connectivity index (χ1) is 8.87. The second kappa shape index (κ2) is 8.24. The number of halogens is 2. The normalized spacial score (nSPS) is 12.2. The second-order valence-corrected chi connectivity index (χ2v) is 6.74. The lowest BCUT2D eigenvalue weighted by molar-refractivity contribution is 0.318. The Morgan fingerprint density at radius 2 is 1.90 bits per heavy atom. The molecule has 2 N–H and O–H groups in total. The predicted octanol–water partition coefficient (Wildman–Crippen LogP) is 2.48. The number of nitrogens with two attached hydrogens (primary N) is 1. The van der Waals surface area contributed by atoms with Gasteiger partial charge in [0.2, 0.25) is 0 Å². The van der Waals surface area contributed by atoms with Gasteiger partial charge in [0.25, 0.3) is 0 Å². The third-order valence-electron chi connectivity index (χ3n) is 2.49. The van der Waals surface area contributed by atoms with Crippen LogP contribution in [0.4, 0.5) is 4.39 Å². The van der Waals surface area contributed by atoms with E-state index in [1.54, 1.807) is 13.8 Å². The summed E-state index contributed by atoms with van der Waals surface area (Å²) in [4.78, 5) is 0.229. The SMILES string of the molecule is CC(C)S(=O)(=O)c1ccc(OCC(F)=CCN)cc1.Cl. The molecule has 0 radical (unpaired) electrons. The van der Waals surface area contributed by atoms with Gasteiger partial charge in [0.1, 0.15) is 18.2 Å². The summed E-state index contributed by atoms with van der Waals surface area (Å²) < 4.78 is 41.9. The van der Waals surface area contributed by atoms with E-state index in [9.17, 15) is 12.8 Å². The monoisotopic (exact) mass is 323 g/mol. The Labute approximate surface area is 125 Å². The molecule has 0 fully saturated rings. The molecule has 0 aliphatic carbocycles. The number of ether oxygens (including phenoxy) is 1. The zero-order chi connectivity index (χ0) is 14.5. The van der Waals surface area contributed by atoms with Crippen molar-refractivity contribution >= 4 is 22.2 Å². The number of sulfone groups is 1. The van der Waals surface area contributed by atoms with Gasteiger partial charge in [0.15, 0.2) is 9.84 Å². The van der Waals surface area contributed by atoms with E-state index < -0.39 is 20.9 Å². The number of hydrogen-bond acceptors (Lipinski definition) is 4. The van der Waals surface area contributed by atoms with E-state index in [0.29, 0.717) is 5.75 Å². The molecule has 0 bridgehead atoms. The highest BCUT2D eigenvalue weighted by atomic mass is 35.5. The molecule has 7 heteroatoms. The summed E-state index contributed by atoms with van der Waals surface area (Å²) in [7, 11) is -3.29. The molecular formula is C13H19ClFNO3S. The molecule has 0 amide bonds. The van der Waals surface area contributed by atoms with Crippen molar-refractivity contribution in [3.05, 3.63) is 36.2 Å². The summed E-state index contributed by atoms with van der Waals surface area (Å²) in [5, 5.41) is -0.482. The van der Waals surface area contributed by atoms with Crippen LogP contribution in [-0.2, 0) is 9.84 Å². The highest BCUT2D eigenvalue weighted by Gasteiger charge is 2.18. The van der Waals surface area contributed by atoms with E-state index in [1.807, 2.05) is 0 Å². The van der Waals surface area contributed by atoms with E-state index in [-0.39, 0.29) is 30.5 Å². The molecule has 0 saturated heterocycles. The van der Waals surface area contributed by atoms with Crippen LogP contribution < -0.4 is 10.5 Å². The molecule has 0 aromatic heterocycles. The van der Waals surface area contributed by atoms with Gasteiger partial charge in [-0.15, -0.1) is 12.4 Å². The summed E-state index contributed by atoms with van der Waals surface area (Å²) in [5.74, 6) is -0.0512. The summed E-state index contributed by atoms with van der Waals surface area (Å²) in [6.45, 7) is 3.13. The largest absolute Gasteiger partial charge is 0.487 e. The van der Waals surface area contributed by atoms with Crippen molar-refractivity contribution in [2.24, 2.45) is 5.73 Å². The molecule has 20 heavy (non-hydrogen) atoms. The maximum absolute atomic E-state index is 13.0. The van der Waals surface area contributed by atoms with Gasteiger partial charge in [-0.1, -0.05) is 0 Å². The molecule has 1 aromatic rings. The van der Waals surface area contributed by atoms with Crippen LogP contribution in [0.3, 0.4) is 0 Å². The molecular weight excluding hydrogens is 305 g/mol. The van der Waals surface area contributed by atoms with Gasteiger partial charge in [-0.3, -0.25) is 0 Å². The van der Waals surface area contributed by atoms with E-state index in [4.69, 9.17) is 10.5 Å². The predicted molar refractivity (Wildman–Crippen MR) is 79.8 cm³/mol. The molecule has 0 spiro atoms. The smallest absolute Gasteiger partial charge is 0.180 e. The van der Waals surface area contributed by atoms with Crippen molar-refractivity contribution in [1.29, 1.82) is 0 Å². The van der Waals surface area contributed by atoms with Gasteiger partial charge in [-0.2, -0.15) is 0 Å². The fourth-order valence-corrected chi connectivity index (χ4v) is 2.40. The van der Waals surface area contributed by atoms with Crippen LogP contribution in [0.25, 0.3) is 0 Å². The Balaban J connectivity index is 0.00000361. The van der Waals surface area contributed by atoms with Gasteiger partial charge in [0, 0.05) is 6.54 Å². The highest BCUT2D eigenvalue weighted by molar-refractivity contribution is 7.92. The van der Waals surface area contributed by atoms with Gasteiger partial charge in [0.05, 0.1) is 10.1 Å². The Morgan fingerprint density at radius 3 is 2.35 bits per heavy atom. The Hall–Kier alpha value is -1.11. The minimum Gasteiger partial charge on any atom is -0.487 e. The molecule has 0 heterocycles. The zero-order valence-electron chi connectivity index (χ0n) is 11.4. The fourth-order valence-electron chi connectivity index (χ4n) is 1.34. The lowest BCUT2D eigenvalue weighted by Gasteiger charge is -2.09. The van der Waals surface area contributed by atoms with Gasteiger partial charge < -0.3 is 10.5 Å². The van der Waals surface area contributed by atoms with Gasteiger partial charge in [-0.05, 0) is 44.2 Å². The van der Waals surface area contributed by atoms with Crippen LogP contribution in [0.1, 0.15) is 13.8 Å². The Morgan fingerprint density at radius 1 is 1.35 bits per heavy atom. The zero-order valence-corrected chi connectivity index (χ0v) is 13.0. The van der Waals surface area contributed by atoms with Gasteiger partial charge in [-0.25, -0.2) is 12.8 Å². The maximum atomic E-state index is 13.0. The standard InChI is InChI=1S/C13H18FNO3S.ClH/c1-10(2)19(16,17)13-5-3-12(4-6-13)18-9-11(14)7-8-15;/h3-7,10H,8-9,15H2,1-2H3;1H. The summed E-state index contributed by atoms with van der Waals surface area (Å²) in [6, 6.07) is 5.92. The van der Waals surface area contributed by atoms with Crippen LogP contribution in [0.2, 0.25) is 0 Å². The third kappa shape index (κ3) is 5.11. The molecule has 1 aromatic carbocycles. The lowest BCUT2D eigenvalue weighted by Crippen LogP contribution is -2.13. The molecule has 0 aliphatic heterocycles.